The van der Waals surface area contributed by atoms with Crippen LogP contribution in [0.5, 0.6) is 0 Å². The molecule has 0 aliphatic carbocycles. The van der Waals surface area contributed by atoms with E-state index in [1.54, 1.807) is 0 Å². The van der Waals surface area contributed by atoms with Gasteiger partial charge in [-0.1, -0.05) is 142 Å². The third kappa shape index (κ3) is 25.2. The first-order valence-electron chi connectivity index (χ1n) is 20.8. The van der Waals surface area contributed by atoms with Crippen LogP contribution in [0.4, 0.5) is 0 Å². The van der Waals surface area contributed by atoms with E-state index in [9.17, 15) is 30.0 Å². The lowest BCUT2D eigenvalue weighted by atomic mass is 9.99. The average Bonchev–Trinajstić information content (AvgIpc) is 3.13. The van der Waals surface area contributed by atoms with Gasteiger partial charge in [-0.2, -0.15) is 0 Å². The number of allylic oxidation sites excluding steroid dienone is 2. The minimum absolute atomic E-state index is 0.216. The summed E-state index contributed by atoms with van der Waals surface area (Å²) in [5.41, 5.74) is 0. The van der Waals surface area contributed by atoms with Gasteiger partial charge in [-0.15, -0.1) is 0 Å². The van der Waals surface area contributed by atoms with Crippen LogP contribution < -0.4 is 0 Å². The summed E-state index contributed by atoms with van der Waals surface area (Å²) < 4.78 is 22.1. The van der Waals surface area contributed by atoms with Crippen molar-refractivity contribution in [2.24, 2.45) is 0 Å². The molecule has 0 bridgehead atoms. The highest BCUT2D eigenvalue weighted by atomic mass is 16.7. The number of aliphatic hydroxyl groups excluding tert-OH is 4. The molecule has 0 aromatic carbocycles. The van der Waals surface area contributed by atoms with Gasteiger partial charge in [0.2, 0.25) is 0 Å². The molecule has 0 spiro atoms. The maximum Gasteiger partial charge on any atom is 0.306 e. The maximum absolute atomic E-state index is 12.7. The average molecular weight is 729 g/mol. The SMILES string of the molecule is CCCCCCCC/C=C\CCCCCCCC(=O)O[C@H](COC(=O)CCCCCCCCCCCCC)CO[C@@H]1O[C@H](CO)[C@H](O)[C@H](O)[C@H]1O. The van der Waals surface area contributed by atoms with E-state index in [1.165, 1.54) is 96.3 Å². The zero-order chi connectivity index (χ0) is 37.4. The molecule has 0 saturated carbocycles. The molecular formula is C41H76O10. The number of carbonyl (C=O) groups is 2. The molecule has 1 heterocycles. The van der Waals surface area contributed by atoms with Gasteiger partial charge in [0, 0.05) is 12.8 Å². The predicted octanol–water partition coefficient (Wildman–Crippen LogP) is 8.00. The molecule has 0 aromatic heterocycles. The van der Waals surface area contributed by atoms with Crippen LogP contribution in [0.1, 0.15) is 181 Å². The van der Waals surface area contributed by atoms with Crippen LogP contribution in [0, 0.1) is 0 Å². The molecule has 10 heteroatoms. The van der Waals surface area contributed by atoms with E-state index in [2.05, 4.69) is 26.0 Å². The van der Waals surface area contributed by atoms with Crippen molar-refractivity contribution in [3.05, 3.63) is 12.2 Å². The number of esters is 2. The number of carbonyl (C=O) groups excluding carboxylic acids is 2. The van der Waals surface area contributed by atoms with Gasteiger partial charge in [0.15, 0.2) is 12.4 Å². The molecule has 1 rings (SSSR count). The van der Waals surface area contributed by atoms with Crippen molar-refractivity contribution in [2.45, 2.75) is 218 Å². The number of hydrogen-bond donors (Lipinski definition) is 4. The van der Waals surface area contributed by atoms with Gasteiger partial charge in [-0.05, 0) is 38.5 Å². The molecule has 1 aliphatic heterocycles. The fraction of sp³-hybridized carbons (Fsp3) is 0.902. The van der Waals surface area contributed by atoms with Gasteiger partial charge in [-0.3, -0.25) is 9.59 Å². The first kappa shape index (κ1) is 47.5. The number of aliphatic hydroxyl groups is 4. The monoisotopic (exact) mass is 729 g/mol. The summed E-state index contributed by atoms with van der Waals surface area (Å²) in [5.74, 6) is -0.812. The number of hydrogen-bond acceptors (Lipinski definition) is 10. The van der Waals surface area contributed by atoms with E-state index in [-0.39, 0.29) is 32.0 Å². The van der Waals surface area contributed by atoms with Gasteiger partial charge in [0.1, 0.15) is 31.0 Å². The van der Waals surface area contributed by atoms with Crippen LogP contribution in [0.2, 0.25) is 0 Å². The van der Waals surface area contributed by atoms with Crippen LogP contribution in [0.15, 0.2) is 12.2 Å². The van der Waals surface area contributed by atoms with Gasteiger partial charge >= 0.3 is 11.9 Å². The zero-order valence-corrected chi connectivity index (χ0v) is 32.4. The maximum atomic E-state index is 12.7. The van der Waals surface area contributed by atoms with E-state index >= 15 is 0 Å². The van der Waals surface area contributed by atoms with Crippen LogP contribution in [0.25, 0.3) is 0 Å². The molecular weight excluding hydrogens is 652 g/mol. The quantitative estimate of drug-likeness (QED) is 0.0291. The summed E-state index contributed by atoms with van der Waals surface area (Å²) in [6.07, 6.45) is 25.0. The highest BCUT2D eigenvalue weighted by Gasteiger charge is 2.44. The van der Waals surface area contributed by atoms with E-state index in [1.807, 2.05) is 0 Å². The third-order valence-corrected chi connectivity index (χ3v) is 9.65. The second-order valence-electron chi connectivity index (χ2n) is 14.4. The van der Waals surface area contributed by atoms with Gasteiger partial charge in [0.25, 0.3) is 0 Å². The Hall–Kier alpha value is -1.56. The standard InChI is InChI=1S/C41H76O10/c1-3-5-7-9-11-13-15-16-17-18-20-22-24-26-28-30-37(44)50-34(33-49-41-40(47)39(46)38(45)35(31-42)51-41)32-48-36(43)29-27-25-23-21-19-14-12-10-8-6-4-2/h16-17,34-35,38-42,45-47H,3-15,18-33H2,1-2H3/b17-16-/t34-,35-,38+,39+,40-,41-/m1/s1. The highest BCUT2D eigenvalue weighted by molar-refractivity contribution is 5.70. The summed E-state index contributed by atoms with van der Waals surface area (Å²) in [6, 6.07) is 0. The lowest BCUT2D eigenvalue weighted by Gasteiger charge is -2.39. The van der Waals surface area contributed by atoms with Crippen LogP contribution >= 0.6 is 0 Å². The summed E-state index contributed by atoms with van der Waals surface area (Å²) in [4.78, 5) is 25.2. The largest absolute Gasteiger partial charge is 0.462 e. The second-order valence-corrected chi connectivity index (χ2v) is 14.4. The van der Waals surface area contributed by atoms with Crippen molar-refractivity contribution in [3.8, 4) is 0 Å². The summed E-state index contributed by atoms with van der Waals surface area (Å²) in [7, 11) is 0. The van der Waals surface area contributed by atoms with Gasteiger partial charge < -0.3 is 39.4 Å². The van der Waals surface area contributed by atoms with Crippen molar-refractivity contribution in [3.63, 3.8) is 0 Å². The molecule has 0 aromatic rings. The Morgan fingerprint density at radius 3 is 1.53 bits per heavy atom. The minimum Gasteiger partial charge on any atom is -0.462 e. The topological polar surface area (TPSA) is 152 Å². The van der Waals surface area contributed by atoms with E-state index < -0.39 is 49.4 Å². The van der Waals surface area contributed by atoms with E-state index in [0.717, 1.165) is 51.4 Å². The van der Waals surface area contributed by atoms with Crippen molar-refractivity contribution in [2.75, 3.05) is 19.8 Å². The molecule has 0 amide bonds. The summed E-state index contributed by atoms with van der Waals surface area (Å²) in [5, 5.41) is 39.9. The third-order valence-electron chi connectivity index (χ3n) is 9.65. The Morgan fingerprint density at radius 1 is 0.588 bits per heavy atom. The Balaban J connectivity index is 2.37. The smallest absolute Gasteiger partial charge is 0.306 e. The first-order chi connectivity index (χ1) is 24.8. The Labute approximate surface area is 310 Å². The second kappa shape index (κ2) is 33.0. The highest BCUT2D eigenvalue weighted by Crippen LogP contribution is 2.22. The van der Waals surface area contributed by atoms with Crippen molar-refractivity contribution in [1.82, 2.24) is 0 Å². The van der Waals surface area contributed by atoms with Crippen LogP contribution in [-0.2, 0) is 28.5 Å². The Bertz CT molecular complexity index is 850. The predicted molar refractivity (Wildman–Crippen MR) is 201 cm³/mol. The zero-order valence-electron chi connectivity index (χ0n) is 32.4. The van der Waals surface area contributed by atoms with Crippen molar-refractivity contribution in [1.29, 1.82) is 0 Å². The molecule has 6 atom stereocenters. The van der Waals surface area contributed by atoms with Crippen LogP contribution in [-0.4, -0.2) is 89.0 Å². The molecule has 1 saturated heterocycles. The van der Waals surface area contributed by atoms with Crippen molar-refractivity contribution >= 4 is 11.9 Å². The van der Waals surface area contributed by atoms with Crippen LogP contribution in [0.3, 0.4) is 0 Å². The molecule has 300 valence electrons. The lowest BCUT2D eigenvalue weighted by molar-refractivity contribution is -0.305. The molecule has 1 aliphatic rings. The first-order valence-corrected chi connectivity index (χ1v) is 20.8. The molecule has 4 N–H and O–H groups in total. The number of rotatable bonds is 34. The van der Waals surface area contributed by atoms with E-state index in [0.29, 0.717) is 6.42 Å². The Kier molecular flexibility index (Phi) is 30.7. The fourth-order valence-electron chi connectivity index (χ4n) is 6.30. The molecule has 0 unspecified atom stereocenters. The lowest BCUT2D eigenvalue weighted by Crippen LogP contribution is -2.59. The van der Waals surface area contributed by atoms with Gasteiger partial charge in [-0.25, -0.2) is 0 Å². The number of unbranched alkanes of at least 4 members (excludes halogenated alkanes) is 21. The normalized spacial score (nSPS) is 21.3. The fourth-order valence-corrected chi connectivity index (χ4v) is 6.30. The molecule has 0 radical (unpaired) electrons. The molecule has 51 heavy (non-hydrogen) atoms. The summed E-state index contributed by atoms with van der Waals surface area (Å²) in [6.45, 7) is 3.40. The molecule has 1 fully saturated rings. The minimum atomic E-state index is -1.59. The van der Waals surface area contributed by atoms with Gasteiger partial charge in [0.05, 0.1) is 13.2 Å². The Morgan fingerprint density at radius 2 is 1.04 bits per heavy atom. The molecule has 10 nitrogen and oxygen atoms in total. The summed E-state index contributed by atoms with van der Waals surface area (Å²) >= 11 is 0. The van der Waals surface area contributed by atoms with E-state index in [4.69, 9.17) is 18.9 Å². The number of ether oxygens (including phenoxy) is 4. The van der Waals surface area contributed by atoms with Crippen molar-refractivity contribution < 1.29 is 49.0 Å².